The molecular formula is C20H18N2O4S. The molecule has 3 aromatic rings. The molecule has 1 saturated heterocycles. The molecule has 1 fully saturated rings. The highest BCUT2D eigenvalue weighted by molar-refractivity contribution is 7.13. The average Bonchev–Trinajstić information content (AvgIpc) is 3.22. The van der Waals surface area contributed by atoms with E-state index in [0.29, 0.717) is 5.56 Å². The molecule has 27 heavy (non-hydrogen) atoms. The summed E-state index contributed by atoms with van der Waals surface area (Å²) in [6.07, 6.45) is 0.0454. The van der Waals surface area contributed by atoms with Crippen molar-refractivity contribution in [3.05, 3.63) is 53.4 Å². The van der Waals surface area contributed by atoms with Crippen LogP contribution < -0.4 is 0 Å². The van der Waals surface area contributed by atoms with Crippen LogP contribution in [0.25, 0.3) is 21.5 Å². The molecule has 0 unspecified atom stereocenters. The summed E-state index contributed by atoms with van der Waals surface area (Å²) in [5.41, 5.74) is 0.279. The minimum Gasteiger partial charge on any atom is -0.479 e. The molecule has 1 aliphatic heterocycles. The van der Waals surface area contributed by atoms with E-state index in [1.54, 1.807) is 22.3 Å². The van der Waals surface area contributed by atoms with Crippen molar-refractivity contribution in [3.8, 4) is 10.6 Å². The van der Waals surface area contributed by atoms with Crippen molar-refractivity contribution in [2.75, 3.05) is 13.1 Å². The number of para-hydroxylation sites is 1. The van der Waals surface area contributed by atoms with E-state index in [9.17, 15) is 14.7 Å². The second-order valence-electron chi connectivity index (χ2n) is 6.68. The maximum atomic E-state index is 13.2. The van der Waals surface area contributed by atoms with Gasteiger partial charge in [-0.2, -0.15) is 0 Å². The predicted molar refractivity (Wildman–Crippen MR) is 103 cm³/mol. The van der Waals surface area contributed by atoms with Gasteiger partial charge in [-0.15, -0.1) is 11.3 Å². The van der Waals surface area contributed by atoms with E-state index in [1.807, 2.05) is 41.8 Å². The van der Waals surface area contributed by atoms with Gasteiger partial charge in [0.2, 0.25) is 0 Å². The van der Waals surface area contributed by atoms with Crippen LogP contribution in [0.2, 0.25) is 0 Å². The predicted octanol–water partition coefficient (Wildman–Crippen LogP) is 3.02. The molecule has 0 radical (unpaired) electrons. The van der Waals surface area contributed by atoms with Crippen molar-refractivity contribution >= 4 is 34.1 Å². The summed E-state index contributed by atoms with van der Waals surface area (Å²) >= 11 is 1.56. The average molecular weight is 382 g/mol. The number of hydrogen-bond acceptors (Lipinski definition) is 5. The first-order valence-corrected chi connectivity index (χ1v) is 9.55. The summed E-state index contributed by atoms with van der Waals surface area (Å²) in [6.45, 7) is 0.402. The number of rotatable bonds is 3. The molecule has 1 aromatic carbocycles. The van der Waals surface area contributed by atoms with Gasteiger partial charge < -0.3 is 15.1 Å². The van der Waals surface area contributed by atoms with Gasteiger partial charge in [0.1, 0.15) is 0 Å². The van der Waals surface area contributed by atoms with Crippen LogP contribution in [0.15, 0.2) is 47.8 Å². The Balaban J connectivity index is 1.71. The maximum Gasteiger partial charge on any atom is 0.335 e. The first-order chi connectivity index (χ1) is 13.0. The molecule has 0 bridgehead atoms. The Kier molecular flexibility index (Phi) is 4.41. The van der Waals surface area contributed by atoms with Crippen LogP contribution in [-0.4, -0.2) is 50.7 Å². The number of hydrogen-bond donors (Lipinski definition) is 2. The van der Waals surface area contributed by atoms with E-state index in [1.165, 1.54) is 0 Å². The van der Waals surface area contributed by atoms with E-state index in [2.05, 4.69) is 4.98 Å². The van der Waals surface area contributed by atoms with Gasteiger partial charge in [-0.1, -0.05) is 24.3 Å². The van der Waals surface area contributed by atoms with Crippen molar-refractivity contribution < 1.29 is 19.8 Å². The van der Waals surface area contributed by atoms with E-state index >= 15 is 0 Å². The number of benzene rings is 1. The maximum absolute atomic E-state index is 13.2. The highest BCUT2D eigenvalue weighted by Crippen LogP contribution is 2.30. The lowest BCUT2D eigenvalue weighted by molar-refractivity contribution is -0.162. The molecule has 0 saturated carbocycles. The zero-order chi connectivity index (χ0) is 19.0. The van der Waals surface area contributed by atoms with Crippen molar-refractivity contribution in [1.29, 1.82) is 0 Å². The highest BCUT2D eigenvalue weighted by Gasteiger charge is 2.40. The summed E-state index contributed by atoms with van der Waals surface area (Å²) < 4.78 is 0. The lowest BCUT2D eigenvalue weighted by atomic mass is 9.91. The fourth-order valence-corrected chi connectivity index (χ4v) is 4.05. The zero-order valence-electron chi connectivity index (χ0n) is 14.5. The van der Waals surface area contributed by atoms with E-state index < -0.39 is 11.6 Å². The minimum absolute atomic E-state index is 0.0227. The number of pyridine rings is 1. The molecule has 2 aromatic heterocycles. The summed E-state index contributed by atoms with van der Waals surface area (Å²) in [6, 6.07) is 13.2. The molecule has 2 N–H and O–H groups in total. The van der Waals surface area contributed by atoms with Crippen LogP contribution >= 0.6 is 11.3 Å². The smallest absolute Gasteiger partial charge is 0.335 e. The molecule has 4 rings (SSSR count). The number of aromatic nitrogens is 1. The molecular weight excluding hydrogens is 364 g/mol. The number of likely N-dealkylation sites (tertiary alicyclic amines) is 1. The lowest BCUT2D eigenvalue weighted by Gasteiger charge is -2.35. The van der Waals surface area contributed by atoms with Crippen LogP contribution in [0.4, 0.5) is 0 Å². The molecule has 1 aliphatic rings. The number of carboxylic acids is 1. The number of piperidine rings is 1. The van der Waals surface area contributed by atoms with Crippen molar-refractivity contribution in [3.63, 3.8) is 0 Å². The molecule has 0 spiro atoms. The number of aliphatic hydroxyl groups is 1. The Morgan fingerprint density at radius 1 is 1.11 bits per heavy atom. The van der Waals surface area contributed by atoms with Gasteiger partial charge in [-0.25, -0.2) is 9.78 Å². The van der Waals surface area contributed by atoms with Crippen LogP contribution in [0, 0.1) is 0 Å². The first-order valence-electron chi connectivity index (χ1n) is 8.67. The topological polar surface area (TPSA) is 90.7 Å². The third-order valence-electron chi connectivity index (χ3n) is 5.00. The number of carboxylic acid groups (broad SMARTS) is 1. The number of carbonyl (C=O) groups excluding carboxylic acids is 1. The normalized spacial score (nSPS) is 16.4. The minimum atomic E-state index is -1.75. The Bertz CT molecular complexity index is 1010. The molecule has 7 heteroatoms. The highest BCUT2D eigenvalue weighted by atomic mass is 32.1. The van der Waals surface area contributed by atoms with E-state index in [0.717, 1.165) is 21.5 Å². The number of fused-ring (bicyclic) bond motifs is 1. The fourth-order valence-electron chi connectivity index (χ4n) is 3.37. The van der Waals surface area contributed by atoms with E-state index in [4.69, 9.17) is 5.11 Å². The molecule has 0 atom stereocenters. The van der Waals surface area contributed by atoms with Gasteiger partial charge in [0.25, 0.3) is 5.91 Å². The second-order valence-corrected chi connectivity index (χ2v) is 7.63. The number of amides is 1. The number of carbonyl (C=O) groups is 2. The molecule has 0 aliphatic carbocycles. The standard InChI is InChI=1S/C20H18N2O4S/c23-18(22-9-7-20(26,8-10-22)19(24)25)14-12-16(17-6-3-11-27-17)21-15-5-2-1-4-13(14)15/h1-6,11-12,26H,7-10H2,(H,24,25). The van der Waals surface area contributed by atoms with Crippen molar-refractivity contribution in [1.82, 2.24) is 9.88 Å². The molecule has 3 heterocycles. The van der Waals surface area contributed by atoms with Crippen molar-refractivity contribution in [2.45, 2.75) is 18.4 Å². The zero-order valence-corrected chi connectivity index (χ0v) is 15.3. The lowest BCUT2D eigenvalue weighted by Crippen LogP contribution is -2.50. The first kappa shape index (κ1) is 17.6. The van der Waals surface area contributed by atoms with Gasteiger partial charge in [-0.05, 0) is 23.6 Å². The molecule has 1 amide bonds. The van der Waals surface area contributed by atoms with Gasteiger partial charge >= 0.3 is 5.97 Å². The Labute approximate surface area is 159 Å². The van der Waals surface area contributed by atoms with Gasteiger partial charge in [0, 0.05) is 31.3 Å². The Morgan fingerprint density at radius 2 is 1.85 bits per heavy atom. The van der Waals surface area contributed by atoms with Crippen molar-refractivity contribution in [2.24, 2.45) is 0 Å². The molecule has 138 valence electrons. The number of nitrogens with zero attached hydrogens (tertiary/aromatic N) is 2. The summed E-state index contributed by atoms with van der Waals surface area (Å²) in [7, 11) is 0. The Morgan fingerprint density at radius 3 is 2.52 bits per heavy atom. The Hall–Kier alpha value is -2.77. The largest absolute Gasteiger partial charge is 0.479 e. The van der Waals surface area contributed by atoms with Crippen LogP contribution in [0.1, 0.15) is 23.2 Å². The third-order valence-corrected chi connectivity index (χ3v) is 5.89. The summed E-state index contributed by atoms with van der Waals surface area (Å²) in [5.74, 6) is -1.40. The second kappa shape index (κ2) is 6.75. The summed E-state index contributed by atoms with van der Waals surface area (Å²) in [5, 5.41) is 22.0. The SMILES string of the molecule is O=C(c1cc(-c2cccs2)nc2ccccc12)N1CCC(O)(C(=O)O)CC1. The van der Waals surface area contributed by atoms with Crippen LogP contribution in [0.3, 0.4) is 0 Å². The van der Waals surface area contributed by atoms with Crippen LogP contribution in [-0.2, 0) is 4.79 Å². The van der Waals surface area contributed by atoms with Gasteiger partial charge in [0.05, 0.1) is 21.7 Å². The van der Waals surface area contributed by atoms with Gasteiger partial charge in [0.15, 0.2) is 5.60 Å². The number of aliphatic carboxylic acids is 1. The van der Waals surface area contributed by atoms with Gasteiger partial charge in [-0.3, -0.25) is 4.79 Å². The fraction of sp³-hybridized carbons (Fsp3) is 0.250. The summed E-state index contributed by atoms with van der Waals surface area (Å²) in [4.78, 5) is 31.7. The van der Waals surface area contributed by atoms with E-state index in [-0.39, 0.29) is 31.8 Å². The quantitative estimate of drug-likeness (QED) is 0.727. The monoisotopic (exact) mass is 382 g/mol. The molecule has 6 nitrogen and oxygen atoms in total. The van der Waals surface area contributed by atoms with Crippen LogP contribution in [0.5, 0.6) is 0 Å². The third kappa shape index (κ3) is 3.20. The number of thiophene rings is 1.